The van der Waals surface area contributed by atoms with E-state index < -0.39 is 30.4 Å². The van der Waals surface area contributed by atoms with Crippen molar-refractivity contribution in [1.29, 1.82) is 0 Å². The van der Waals surface area contributed by atoms with E-state index in [0.29, 0.717) is 0 Å². The molecule has 0 rings (SSSR count). The molecule has 0 aliphatic carbocycles. The standard InChI is InChI=1S/C6H6O9/c1-13-2(3(7)14-5(9)10)4(8)15-6(11)12/h2H,1H3,(H,9,10)(H,11,12). The van der Waals surface area contributed by atoms with Crippen LogP contribution in [0.2, 0.25) is 0 Å². The van der Waals surface area contributed by atoms with Crippen LogP contribution in [0.5, 0.6) is 0 Å². The van der Waals surface area contributed by atoms with E-state index in [1.807, 2.05) is 0 Å². The van der Waals surface area contributed by atoms with Gasteiger partial charge in [0.1, 0.15) is 0 Å². The van der Waals surface area contributed by atoms with Crippen molar-refractivity contribution in [1.82, 2.24) is 0 Å². The highest BCUT2D eigenvalue weighted by molar-refractivity contribution is 6.03. The van der Waals surface area contributed by atoms with Gasteiger partial charge in [0.15, 0.2) is 0 Å². The molecule has 9 heteroatoms. The van der Waals surface area contributed by atoms with Gasteiger partial charge >= 0.3 is 24.2 Å². The quantitative estimate of drug-likeness (QED) is 0.475. The molecule has 0 aromatic heterocycles. The molecule has 9 nitrogen and oxygen atoms in total. The van der Waals surface area contributed by atoms with Gasteiger partial charge in [-0.25, -0.2) is 19.2 Å². The van der Waals surface area contributed by atoms with Gasteiger partial charge in [-0.05, 0) is 0 Å². The van der Waals surface area contributed by atoms with Crippen LogP contribution in [0.3, 0.4) is 0 Å². The Labute approximate surface area is 82.1 Å². The highest BCUT2D eigenvalue weighted by atomic mass is 16.7. The fourth-order valence-electron chi connectivity index (χ4n) is 0.568. The molecule has 0 saturated heterocycles. The molecular formula is C6H6O9. The monoisotopic (exact) mass is 222 g/mol. The Balaban J connectivity index is 4.47. The van der Waals surface area contributed by atoms with Crippen LogP contribution in [0.15, 0.2) is 0 Å². The average Bonchev–Trinajstić information content (AvgIpc) is 2.01. The Kier molecular flexibility index (Phi) is 4.75. The van der Waals surface area contributed by atoms with E-state index in [4.69, 9.17) is 10.2 Å². The lowest BCUT2D eigenvalue weighted by Gasteiger charge is -2.08. The maximum Gasteiger partial charge on any atom is 0.513 e. The summed E-state index contributed by atoms with van der Waals surface area (Å²) in [6.07, 6.45) is -5.97. The highest BCUT2D eigenvalue weighted by Gasteiger charge is 2.33. The maximum absolute atomic E-state index is 10.8. The molecule has 0 fully saturated rings. The lowest BCUT2D eigenvalue weighted by molar-refractivity contribution is -0.165. The van der Waals surface area contributed by atoms with Gasteiger partial charge in [-0.15, -0.1) is 0 Å². The van der Waals surface area contributed by atoms with Crippen molar-refractivity contribution in [2.24, 2.45) is 0 Å². The molecule has 0 unspecified atom stereocenters. The molecule has 0 aliphatic heterocycles. The number of rotatable bonds is 3. The SMILES string of the molecule is COC(C(=O)OC(=O)O)C(=O)OC(=O)O. The summed E-state index contributed by atoms with van der Waals surface area (Å²) in [5.41, 5.74) is 0. The van der Waals surface area contributed by atoms with Crippen molar-refractivity contribution >= 4 is 24.2 Å². The smallest absolute Gasteiger partial charge is 0.449 e. The molecule has 0 spiro atoms. The van der Waals surface area contributed by atoms with Crippen LogP contribution in [0.25, 0.3) is 0 Å². The third kappa shape index (κ3) is 4.57. The van der Waals surface area contributed by atoms with Crippen LogP contribution in [0, 0.1) is 0 Å². The first kappa shape index (κ1) is 12.8. The number of esters is 2. The van der Waals surface area contributed by atoms with Crippen LogP contribution < -0.4 is 0 Å². The predicted octanol–water partition coefficient (Wildman–Crippen LogP) is -0.556. The first-order chi connectivity index (χ1) is 6.88. The van der Waals surface area contributed by atoms with Gasteiger partial charge in [0.2, 0.25) is 0 Å². The van der Waals surface area contributed by atoms with Gasteiger partial charge < -0.3 is 24.4 Å². The van der Waals surface area contributed by atoms with Crippen LogP contribution >= 0.6 is 0 Å². The zero-order chi connectivity index (χ0) is 12.0. The average molecular weight is 222 g/mol. The topological polar surface area (TPSA) is 136 Å². The summed E-state index contributed by atoms with van der Waals surface area (Å²) in [7, 11) is 0.872. The van der Waals surface area contributed by atoms with E-state index >= 15 is 0 Å². The van der Waals surface area contributed by atoms with Crippen molar-refractivity contribution in [2.75, 3.05) is 7.11 Å². The third-order valence-electron chi connectivity index (χ3n) is 1.04. The minimum absolute atomic E-state index is 0.872. The summed E-state index contributed by atoms with van der Waals surface area (Å²) < 4.78 is 11.3. The Morgan fingerprint density at radius 2 is 1.27 bits per heavy atom. The van der Waals surface area contributed by atoms with Crippen molar-refractivity contribution in [3.63, 3.8) is 0 Å². The Hall–Kier alpha value is -2.16. The molecule has 0 bridgehead atoms. The van der Waals surface area contributed by atoms with Crippen molar-refractivity contribution in [3.05, 3.63) is 0 Å². The fourth-order valence-corrected chi connectivity index (χ4v) is 0.568. The minimum atomic E-state index is -2.06. The first-order valence-electron chi connectivity index (χ1n) is 3.30. The molecule has 2 N–H and O–H groups in total. The summed E-state index contributed by atoms with van der Waals surface area (Å²) in [5.74, 6) is -3.17. The number of carbonyl (C=O) groups is 4. The van der Waals surface area contributed by atoms with Crippen LogP contribution in [0.1, 0.15) is 0 Å². The van der Waals surface area contributed by atoms with Gasteiger partial charge in [-0.3, -0.25) is 0 Å². The summed E-state index contributed by atoms with van der Waals surface area (Å²) >= 11 is 0. The van der Waals surface area contributed by atoms with Gasteiger partial charge in [0, 0.05) is 7.11 Å². The van der Waals surface area contributed by atoms with Crippen molar-refractivity contribution in [2.45, 2.75) is 6.10 Å². The number of hydrogen-bond acceptors (Lipinski definition) is 7. The van der Waals surface area contributed by atoms with Gasteiger partial charge in [-0.2, -0.15) is 0 Å². The predicted molar refractivity (Wildman–Crippen MR) is 39.0 cm³/mol. The number of carbonyl (C=O) groups excluding carboxylic acids is 2. The lowest BCUT2D eigenvalue weighted by Crippen LogP contribution is -2.37. The molecular weight excluding hydrogens is 216 g/mol. The second kappa shape index (κ2) is 5.54. The lowest BCUT2D eigenvalue weighted by atomic mass is 10.4. The second-order valence-corrected chi connectivity index (χ2v) is 1.99. The van der Waals surface area contributed by atoms with Crippen molar-refractivity contribution in [3.8, 4) is 0 Å². The third-order valence-corrected chi connectivity index (χ3v) is 1.04. The van der Waals surface area contributed by atoms with Crippen LogP contribution in [-0.4, -0.2) is 47.7 Å². The van der Waals surface area contributed by atoms with E-state index in [1.54, 1.807) is 0 Å². The molecule has 0 heterocycles. The molecule has 0 saturated carbocycles. The number of hydrogen-bond donors (Lipinski definition) is 2. The van der Waals surface area contributed by atoms with E-state index in [0.717, 1.165) is 7.11 Å². The molecule has 0 atom stereocenters. The van der Waals surface area contributed by atoms with Crippen LogP contribution in [-0.2, 0) is 23.8 Å². The fraction of sp³-hybridized carbons (Fsp3) is 0.333. The zero-order valence-corrected chi connectivity index (χ0v) is 7.33. The molecule has 0 aromatic carbocycles. The molecule has 15 heavy (non-hydrogen) atoms. The minimum Gasteiger partial charge on any atom is -0.449 e. The van der Waals surface area contributed by atoms with E-state index in [-0.39, 0.29) is 0 Å². The van der Waals surface area contributed by atoms with E-state index in [2.05, 4.69) is 14.2 Å². The first-order valence-corrected chi connectivity index (χ1v) is 3.30. The Morgan fingerprint density at radius 3 is 1.47 bits per heavy atom. The molecule has 0 aromatic rings. The normalized spacial score (nSPS) is 9.47. The largest absolute Gasteiger partial charge is 0.513 e. The second-order valence-electron chi connectivity index (χ2n) is 1.99. The number of methoxy groups -OCH3 is 1. The summed E-state index contributed by atoms with van der Waals surface area (Å²) in [4.78, 5) is 41.4. The zero-order valence-electron chi connectivity index (χ0n) is 7.33. The van der Waals surface area contributed by atoms with Crippen molar-refractivity contribution < 1.29 is 43.6 Å². The van der Waals surface area contributed by atoms with E-state index in [9.17, 15) is 19.2 Å². The van der Waals surface area contributed by atoms with E-state index in [1.165, 1.54) is 0 Å². The number of carboxylic acid groups (broad SMARTS) is 2. The molecule has 0 radical (unpaired) electrons. The maximum atomic E-state index is 10.8. The Bertz CT molecular complexity index is 265. The summed E-state index contributed by atoms with van der Waals surface area (Å²) in [6.45, 7) is 0. The molecule has 0 aliphatic rings. The number of ether oxygens (including phenoxy) is 3. The Morgan fingerprint density at radius 1 is 0.933 bits per heavy atom. The van der Waals surface area contributed by atoms with Gasteiger partial charge in [0.25, 0.3) is 6.10 Å². The van der Waals surface area contributed by atoms with Gasteiger partial charge in [0.05, 0.1) is 0 Å². The van der Waals surface area contributed by atoms with Gasteiger partial charge in [-0.1, -0.05) is 0 Å². The summed E-state index contributed by atoms with van der Waals surface area (Å²) in [5, 5.41) is 16.0. The van der Waals surface area contributed by atoms with Crippen LogP contribution in [0.4, 0.5) is 9.59 Å². The molecule has 84 valence electrons. The summed E-state index contributed by atoms with van der Waals surface area (Å²) in [6, 6.07) is 0. The molecule has 0 amide bonds. The highest BCUT2D eigenvalue weighted by Crippen LogP contribution is 1.98.